The van der Waals surface area contributed by atoms with Gasteiger partial charge in [-0.05, 0) is 12.8 Å². The van der Waals surface area contributed by atoms with Gasteiger partial charge in [-0.3, -0.25) is 4.68 Å². The Kier molecular flexibility index (Phi) is 3.80. The van der Waals surface area contributed by atoms with Crippen LogP contribution in [0.5, 0.6) is 0 Å². The van der Waals surface area contributed by atoms with E-state index in [9.17, 15) is 8.42 Å². The molecule has 1 aliphatic carbocycles. The third-order valence-corrected chi connectivity index (χ3v) is 4.11. The molecular weight excluding hydrogens is 240 g/mol. The topological polar surface area (TPSA) is 76.0 Å². The fraction of sp³-hybridized carbons (Fsp3) is 0.700. The van der Waals surface area contributed by atoms with Gasteiger partial charge in [-0.25, -0.2) is 13.1 Å². The van der Waals surface area contributed by atoms with Crippen molar-refractivity contribution in [3.63, 3.8) is 0 Å². The fourth-order valence-electron chi connectivity index (χ4n) is 1.55. The van der Waals surface area contributed by atoms with E-state index < -0.39 is 10.0 Å². The summed E-state index contributed by atoms with van der Waals surface area (Å²) in [5.74, 6) is 0. The van der Waals surface area contributed by atoms with Crippen molar-refractivity contribution in [2.45, 2.75) is 37.2 Å². The number of nitrogens with zero attached hydrogens (tertiary/aromatic N) is 2. The number of hydrogen-bond donors (Lipinski definition) is 2. The first-order chi connectivity index (χ1) is 8.12. The molecule has 0 amide bonds. The van der Waals surface area contributed by atoms with E-state index in [1.807, 2.05) is 0 Å². The molecule has 2 rings (SSSR count). The maximum atomic E-state index is 11.7. The van der Waals surface area contributed by atoms with Gasteiger partial charge in [0.25, 0.3) is 0 Å². The highest BCUT2D eigenvalue weighted by atomic mass is 32.2. The van der Waals surface area contributed by atoms with Crippen molar-refractivity contribution in [1.82, 2.24) is 19.8 Å². The van der Waals surface area contributed by atoms with Gasteiger partial charge >= 0.3 is 0 Å². The number of rotatable bonds is 7. The molecule has 0 atom stereocenters. The van der Waals surface area contributed by atoms with Crippen LogP contribution in [0.3, 0.4) is 0 Å². The van der Waals surface area contributed by atoms with Crippen LogP contribution in [-0.2, 0) is 16.6 Å². The summed E-state index contributed by atoms with van der Waals surface area (Å²) in [7, 11) is -3.37. The summed E-state index contributed by atoms with van der Waals surface area (Å²) in [4.78, 5) is 0.228. The normalized spacial score (nSPS) is 16.3. The molecule has 1 saturated carbocycles. The van der Waals surface area contributed by atoms with Crippen LogP contribution in [0, 0.1) is 0 Å². The smallest absolute Gasteiger partial charge is 0.243 e. The zero-order valence-corrected chi connectivity index (χ0v) is 10.7. The summed E-state index contributed by atoms with van der Waals surface area (Å²) >= 11 is 0. The minimum atomic E-state index is -3.37. The zero-order chi connectivity index (χ0) is 12.3. The quantitative estimate of drug-likeness (QED) is 0.718. The van der Waals surface area contributed by atoms with Crippen molar-refractivity contribution in [3.8, 4) is 0 Å². The first-order valence-corrected chi connectivity index (χ1v) is 7.35. The van der Waals surface area contributed by atoms with Crippen LogP contribution in [0.15, 0.2) is 17.3 Å². The van der Waals surface area contributed by atoms with Gasteiger partial charge in [-0.15, -0.1) is 0 Å². The van der Waals surface area contributed by atoms with E-state index in [0.717, 1.165) is 6.54 Å². The second-order valence-electron chi connectivity index (χ2n) is 4.17. The van der Waals surface area contributed by atoms with Gasteiger partial charge < -0.3 is 5.32 Å². The first-order valence-electron chi connectivity index (χ1n) is 5.87. The molecule has 7 heteroatoms. The lowest BCUT2D eigenvalue weighted by molar-refractivity contribution is 0.551. The average Bonchev–Trinajstić information content (AvgIpc) is 2.94. The molecule has 1 heterocycles. The predicted octanol–water partition coefficient (Wildman–Crippen LogP) is -0.0667. The molecule has 2 N–H and O–H groups in total. The average molecular weight is 258 g/mol. The number of nitrogens with one attached hydrogen (secondary N) is 2. The lowest BCUT2D eigenvalue weighted by Crippen LogP contribution is -2.23. The van der Waals surface area contributed by atoms with Crippen molar-refractivity contribution in [1.29, 1.82) is 0 Å². The molecule has 1 aliphatic rings. The Labute approximate surface area is 101 Å². The monoisotopic (exact) mass is 258 g/mol. The Morgan fingerprint density at radius 2 is 2.29 bits per heavy atom. The van der Waals surface area contributed by atoms with Crippen molar-refractivity contribution < 1.29 is 8.42 Å². The van der Waals surface area contributed by atoms with Crippen LogP contribution >= 0.6 is 0 Å². The third-order valence-electron chi connectivity index (χ3n) is 2.61. The molecule has 1 fully saturated rings. The van der Waals surface area contributed by atoms with E-state index in [1.165, 1.54) is 19.0 Å². The van der Waals surface area contributed by atoms with E-state index in [4.69, 9.17) is 0 Å². The molecule has 0 bridgehead atoms. The largest absolute Gasteiger partial charge is 0.312 e. The highest BCUT2D eigenvalue weighted by molar-refractivity contribution is 7.89. The van der Waals surface area contributed by atoms with Gasteiger partial charge in [0.15, 0.2) is 0 Å². The van der Waals surface area contributed by atoms with Crippen LogP contribution in [0.2, 0.25) is 0 Å². The second-order valence-corrected chi connectivity index (χ2v) is 5.94. The maximum Gasteiger partial charge on any atom is 0.243 e. The van der Waals surface area contributed by atoms with Gasteiger partial charge in [0, 0.05) is 25.3 Å². The van der Waals surface area contributed by atoms with Crippen molar-refractivity contribution in [2.75, 3.05) is 13.1 Å². The van der Waals surface area contributed by atoms with Crippen LogP contribution in [0.1, 0.15) is 19.8 Å². The van der Waals surface area contributed by atoms with E-state index in [1.54, 1.807) is 17.8 Å². The minimum absolute atomic E-state index is 0.228. The minimum Gasteiger partial charge on any atom is -0.312 e. The molecule has 1 aromatic rings. The Hall–Kier alpha value is -0.920. The predicted molar refractivity (Wildman–Crippen MR) is 64.1 cm³/mol. The Morgan fingerprint density at radius 1 is 1.53 bits per heavy atom. The Balaban J connectivity index is 1.90. The summed E-state index contributed by atoms with van der Waals surface area (Å²) in [6, 6.07) is 0.663. The maximum absolute atomic E-state index is 11.7. The highest BCUT2D eigenvalue weighted by Gasteiger charge is 2.20. The van der Waals surface area contributed by atoms with Gasteiger partial charge in [0.05, 0.1) is 12.7 Å². The van der Waals surface area contributed by atoms with Crippen molar-refractivity contribution in [3.05, 3.63) is 12.4 Å². The summed E-state index contributed by atoms with van der Waals surface area (Å²) < 4.78 is 27.4. The lowest BCUT2D eigenvalue weighted by Gasteiger charge is -2.02. The molecule has 0 spiro atoms. The van der Waals surface area contributed by atoms with Crippen LogP contribution < -0.4 is 10.0 Å². The SMILES string of the molecule is CCNS(=O)(=O)c1cnn(CCNC2CC2)c1. The van der Waals surface area contributed by atoms with Crippen LogP contribution in [-0.4, -0.2) is 37.3 Å². The van der Waals surface area contributed by atoms with Gasteiger partial charge in [0.2, 0.25) is 10.0 Å². The van der Waals surface area contributed by atoms with Crippen LogP contribution in [0.25, 0.3) is 0 Å². The molecule has 17 heavy (non-hydrogen) atoms. The van der Waals surface area contributed by atoms with Crippen LogP contribution in [0.4, 0.5) is 0 Å². The lowest BCUT2D eigenvalue weighted by atomic mass is 10.6. The first kappa shape index (κ1) is 12.5. The zero-order valence-electron chi connectivity index (χ0n) is 9.89. The third kappa shape index (κ3) is 3.52. The molecular formula is C10H18N4O2S. The summed E-state index contributed by atoms with van der Waals surface area (Å²) in [6.07, 6.45) is 5.44. The van der Waals surface area contributed by atoms with Gasteiger partial charge in [-0.1, -0.05) is 6.92 Å². The number of sulfonamides is 1. The van der Waals surface area contributed by atoms with E-state index >= 15 is 0 Å². The molecule has 0 aliphatic heterocycles. The Bertz CT molecular complexity index is 464. The van der Waals surface area contributed by atoms with Crippen molar-refractivity contribution in [2.24, 2.45) is 0 Å². The van der Waals surface area contributed by atoms with E-state index in [-0.39, 0.29) is 4.90 Å². The van der Waals surface area contributed by atoms with E-state index in [2.05, 4.69) is 15.1 Å². The summed E-state index contributed by atoms with van der Waals surface area (Å²) in [5.41, 5.74) is 0. The summed E-state index contributed by atoms with van der Waals surface area (Å²) in [6.45, 7) is 3.66. The highest BCUT2D eigenvalue weighted by Crippen LogP contribution is 2.18. The van der Waals surface area contributed by atoms with Gasteiger partial charge in [-0.2, -0.15) is 5.10 Å². The summed E-state index contributed by atoms with van der Waals surface area (Å²) in [5, 5.41) is 7.39. The van der Waals surface area contributed by atoms with Gasteiger partial charge in [0.1, 0.15) is 4.90 Å². The Morgan fingerprint density at radius 3 is 2.94 bits per heavy atom. The molecule has 96 valence electrons. The van der Waals surface area contributed by atoms with Crippen molar-refractivity contribution >= 4 is 10.0 Å². The number of aromatic nitrogens is 2. The van der Waals surface area contributed by atoms with E-state index in [0.29, 0.717) is 19.1 Å². The molecule has 0 unspecified atom stereocenters. The second kappa shape index (κ2) is 5.16. The number of hydrogen-bond acceptors (Lipinski definition) is 4. The fourth-order valence-corrected chi connectivity index (χ4v) is 2.54. The standard InChI is InChI=1S/C10H18N4O2S/c1-2-13-17(15,16)10-7-12-14(8-10)6-5-11-9-3-4-9/h7-9,11,13H,2-6H2,1H3. The molecule has 1 aromatic heterocycles. The molecule has 6 nitrogen and oxygen atoms in total. The molecule has 0 saturated heterocycles. The molecule has 0 radical (unpaired) electrons. The molecule has 0 aromatic carbocycles.